The van der Waals surface area contributed by atoms with Crippen molar-refractivity contribution in [3.05, 3.63) is 35.4 Å². The maximum absolute atomic E-state index is 10.9. The molecule has 0 bridgehead atoms. The number of amides is 1. The van der Waals surface area contributed by atoms with Crippen molar-refractivity contribution in [1.82, 2.24) is 0 Å². The lowest BCUT2D eigenvalue weighted by Crippen LogP contribution is -2.11. The first-order valence-electron chi connectivity index (χ1n) is 4.98. The summed E-state index contributed by atoms with van der Waals surface area (Å²) in [7, 11) is 0. The molecule has 0 aromatic heterocycles. The van der Waals surface area contributed by atoms with Gasteiger partial charge in [0.05, 0.1) is 0 Å². The summed E-state index contributed by atoms with van der Waals surface area (Å²) in [4.78, 5) is 10.9. The Balaban J connectivity index is 2.69. The predicted molar refractivity (Wildman–Crippen MR) is 58.1 cm³/mol. The van der Waals surface area contributed by atoms with Gasteiger partial charge in [0.15, 0.2) is 0 Å². The fourth-order valence-electron chi connectivity index (χ4n) is 1.34. The van der Waals surface area contributed by atoms with Crippen LogP contribution in [0.15, 0.2) is 24.3 Å². The van der Waals surface area contributed by atoms with Gasteiger partial charge < -0.3 is 5.73 Å². The molecule has 0 saturated heterocycles. The Morgan fingerprint density at radius 2 is 2.14 bits per heavy atom. The second-order valence-electron chi connectivity index (χ2n) is 4.00. The van der Waals surface area contributed by atoms with E-state index in [1.807, 2.05) is 18.2 Å². The molecule has 76 valence electrons. The summed E-state index contributed by atoms with van der Waals surface area (Å²) in [5.74, 6) is 0.337. The van der Waals surface area contributed by atoms with Crippen LogP contribution in [0.25, 0.3) is 0 Å². The van der Waals surface area contributed by atoms with Gasteiger partial charge in [-0.3, -0.25) is 4.79 Å². The fraction of sp³-hybridized carbons (Fsp3) is 0.417. The topological polar surface area (TPSA) is 43.1 Å². The number of hydrogen-bond donors (Lipinski definition) is 1. The highest BCUT2D eigenvalue weighted by molar-refractivity contribution is 5.92. The van der Waals surface area contributed by atoms with Crippen LogP contribution >= 0.6 is 0 Å². The Hall–Kier alpha value is -1.31. The Kier molecular flexibility index (Phi) is 3.69. The van der Waals surface area contributed by atoms with Crippen molar-refractivity contribution < 1.29 is 4.79 Å². The van der Waals surface area contributed by atoms with E-state index >= 15 is 0 Å². The maximum atomic E-state index is 10.9. The Morgan fingerprint density at radius 1 is 1.43 bits per heavy atom. The van der Waals surface area contributed by atoms with Crippen LogP contribution in [0.4, 0.5) is 0 Å². The van der Waals surface area contributed by atoms with Gasteiger partial charge in [-0.2, -0.15) is 0 Å². The van der Waals surface area contributed by atoms with E-state index in [9.17, 15) is 4.79 Å². The number of carbonyl (C=O) groups is 1. The van der Waals surface area contributed by atoms with E-state index < -0.39 is 0 Å². The summed E-state index contributed by atoms with van der Waals surface area (Å²) in [6.45, 7) is 4.38. The Bertz CT molecular complexity index is 318. The Morgan fingerprint density at radius 3 is 2.71 bits per heavy atom. The summed E-state index contributed by atoms with van der Waals surface area (Å²) in [6, 6.07) is 7.55. The van der Waals surface area contributed by atoms with Crippen molar-refractivity contribution in [2.75, 3.05) is 0 Å². The number of primary amides is 1. The van der Waals surface area contributed by atoms with Crippen molar-refractivity contribution >= 4 is 5.91 Å². The van der Waals surface area contributed by atoms with Gasteiger partial charge >= 0.3 is 0 Å². The van der Waals surface area contributed by atoms with Gasteiger partial charge in [0, 0.05) is 5.56 Å². The Labute approximate surface area is 85.1 Å². The van der Waals surface area contributed by atoms with Gasteiger partial charge in [-0.05, 0) is 36.5 Å². The van der Waals surface area contributed by atoms with Crippen molar-refractivity contribution in [1.29, 1.82) is 0 Å². The average Bonchev–Trinajstić information content (AvgIpc) is 2.15. The minimum absolute atomic E-state index is 0.351. The van der Waals surface area contributed by atoms with Crippen LogP contribution in [0, 0.1) is 5.92 Å². The van der Waals surface area contributed by atoms with E-state index in [1.54, 1.807) is 6.07 Å². The zero-order chi connectivity index (χ0) is 10.6. The van der Waals surface area contributed by atoms with E-state index in [0.717, 1.165) is 12.8 Å². The first kappa shape index (κ1) is 10.8. The molecule has 0 fully saturated rings. The van der Waals surface area contributed by atoms with Crippen LogP contribution in [-0.4, -0.2) is 5.91 Å². The van der Waals surface area contributed by atoms with Crippen LogP contribution in [0.3, 0.4) is 0 Å². The van der Waals surface area contributed by atoms with Crippen molar-refractivity contribution in [3.8, 4) is 0 Å². The fourth-order valence-corrected chi connectivity index (χ4v) is 1.34. The minimum atomic E-state index is -0.351. The summed E-state index contributed by atoms with van der Waals surface area (Å²) in [5.41, 5.74) is 6.99. The summed E-state index contributed by atoms with van der Waals surface area (Å²) < 4.78 is 0. The predicted octanol–water partition coefficient (Wildman–Crippen LogP) is 2.37. The molecular formula is C12H17NO. The second-order valence-corrected chi connectivity index (χ2v) is 4.00. The normalized spacial score (nSPS) is 10.5. The average molecular weight is 191 g/mol. The number of carbonyl (C=O) groups excluding carboxylic acids is 1. The number of rotatable bonds is 4. The standard InChI is InChI=1S/C12H17NO/c1-9(2)6-7-10-4-3-5-11(8-10)12(13)14/h3-5,8-9H,6-7H2,1-2H3,(H2,13,14). The van der Waals surface area contributed by atoms with Crippen molar-refractivity contribution in [2.45, 2.75) is 26.7 Å². The number of hydrogen-bond acceptors (Lipinski definition) is 1. The van der Waals surface area contributed by atoms with E-state index in [2.05, 4.69) is 13.8 Å². The molecule has 1 rings (SSSR count). The lowest BCUT2D eigenvalue weighted by atomic mass is 10.0. The summed E-state index contributed by atoms with van der Waals surface area (Å²) >= 11 is 0. The van der Waals surface area contributed by atoms with Gasteiger partial charge in [0.25, 0.3) is 0 Å². The molecule has 0 aliphatic rings. The van der Waals surface area contributed by atoms with Gasteiger partial charge in [0.1, 0.15) is 0 Å². The molecule has 0 atom stereocenters. The van der Waals surface area contributed by atoms with E-state index in [1.165, 1.54) is 5.56 Å². The lowest BCUT2D eigenvalue weighted by molar-refractivity contribution is 0.1000. The molecule has 2 N–H and O–H groups in total. The molecule has 1 amide bonds. The van der Waals surface area contributed by atoms with Crippen LogP contribution in [0.2, 0.25) is 0 Å². The van der Waals surface area contributed by atoms with Crippen molar-refractivity contribution in [2.24, 2.45) is 11.7 Å². The minimum Gasteiger partial charge on any atom is -0.366 e. The van der Waals surface area contributed by atoms with Crippen molar-refractivity contribution in [3.63, 3.8) is 0 Å². The number of nitrogens with two attached hydrogens (primary N) is 1. The van der Waals surface area contributed by atoms with Gasteiger partial charge in [-0.1, -0.05) is 26.0 Å². The van der Waals surface area contributed by atoms with Crippen LogP contribution in [0.5, 0.6) is 0 Å². The van der Waals surface area contributed by atoms with E-state index in [4.69, 9.17) is 5.73 Å². The third kappa shape index (κ3) is 3.21. The molecule has 1 aromatic rings. The molecule has 0 saturated carbocycles. The molecule has 0 heterocycles. The molecule has 0 unspecified atom stereocenters. The molecule has 14 heavy (non-hydrogen) atoms. The summed E-state index contributed by atoms with van der Waals surface area (Å²) in [5, 5.41) is 0. The van der Waals surface area contributed by atoms with Gasteiger partial charge in [-0.15, -0.1) is 0 Å². The highest BCUT2D eigenvalue weighted by Gasteiger charge is 2.01. The molecule has 2 nitrogen and oxygen atoms in total. The largest absolute Gasteiger partial charge is 0.366 e. The smallest absolute Gasteiger partial charge is 0.248 e. The van der Waals surface area contributed by atoms with E-state index in [-0.39, 0.29) is 5.91 Å². The van der Waals surface area contributed by atoms with Gasteiger partial charge in [0.2, 0.25) is 5.91 Å². The highest BCUT2D eigenvalue weighted by atomic mass is 16.1. The third-order valence-electron chi connectivity index (χ3n) is 2.22. The molecule has 2 heteroatoms. The molecule has 0 radical (unpaired) electrons. The summed E-state index contributed by atoms with van der Waals surface area (Å²) in [6.07, 6.45) is 2.15. The SMILES string of the molecule is CC(C)CCc1cccc(C(N)=O)c1. The van der Waals surface area contributed by atoms with Crippen LogP contribution < -0.4 is 5.73 Å². The first-order valence-corrected chi connectivity index (χ1v) is 4.98. The monoisotopic (exact) mass is 191 g/mol. The van der Waals surface area contributed by atoms with Crippen LogP contribution in [0.1, 0.15) is 36.2 Å². The zero-order valence-corrected chi connectivity index (χ0v) is 8.79. The number of aryl methyl sites for hydroxylation is 1. The number of benzene rings is 1. The maximum Gasteiger partial charge on any atom is 0.248 e. The highest BCUT2D eigenvalue weighted by Crippen LogP contribution is 2.10. The quantitative estimate of drug-likeness (QED) is 0.780. The molecule has 0 spiro atoms. The first-order chi connectivity index (χ1) is 6.59. The molecular weight excluding hydrogens is 174 g/mol. The molecule has 0 aliphatic carbocycles. The van der Waals surface area contributed by atoms with Crippen LogP contribution in [-0.2, 0) is 6.42 Å². The third-order valence-corrected chi connectivity index (χ3v) is 2.22. The second kappa shape index (κ2) is 4.80. The zero-order valence-electron chi connectivity index (χ0n) is 8.79. The van der Waals surface area contributed by atoms with Gasteiger partial charge in [-0.25, -0.2) is 0 Å². The molecule has 1 aromatic carbocycles. The van der Waals surface area contributed by atoms with E-state index in [0.29, 0.717) is 11.5 Å². The lowest BCUT2D eigenvalue weighted by Gasteiger charge is -2.05. The molecule has 0 aliphatic heterocycles.